The molecule has 0 saturated carbocycles. The number of carbonyl (C=O) groups excluding carboxylic acids is 1. The molecule has 0 spiro atoms. The minimum atomic E-state index is -3.87. The van der Waals surface area contributed by atoms with E-state index in [9.17, 15) is 13.2 Å². The van der Waals surface area contributed by atoms with E-state index in [0.29, 0.717) is 22.7 Å². The molecule has 6 heteroatoms. The molecule has 0 aromatic heterocycles. The number of carbonyl (C=O) groups is 1. The topological polar surface area (TPSA) is 75.3 Å². The van der Waals surface area contributed by atoms with Gasteiger partial charge < -0.3 is 5.32 Å². The van der Waals surface area contributed by atoms with Gasteiger partial charge in [-0.1, -0.05) is 67.9 Å². The van der Waals surface area contributed by atoms with Crippen molar-refractivity contribution in [1.29, 1.82) is 0 Å². The summed E-state index contributed by atoms with van der Waals surface area (Å²) in [6.45, 7) is 9.76. The maximum absolute atomic E-state index is 13.2. The summed E-state index contributed by atoms with van der Waals surface area (Å²) in [5, 5.41) is 3.09. The van der Waals surface area contributed by atoms with Crippen LogP contribution in [0.3, 0.4) is 0 Å². The second kappa shape index (κ2) is 10.2. The van der Waals surface area contributed by atoms with Crippen molar-refractivity contribution in [1.82, 2.24) is 5.32 Å². The van der Waals surface area contributed by atoms with Crippen LogP contribution in [0.15, 0.2) is 71.6 Å². The number of amides is 1. The molecular weight excluding hydrogens is 432 g/mol. The van der Waals surface area contributed by atoms with Crippen LogP contribution in [0.4, 0.5) is 5.69 Å². The Morgan fingerprint density at radius 3 is 2.21 bits per heavy atom. The lowest BCUT2D eigenvalue weighted by Crippen LogP contribution is -2.29. The Bertz CT molecular complexity index is 1240. The number of anilines is 1. The lowest BCUT2D eigenvalue weighted by molar-refractivity contribution is 0.0931. The SMILES string of the molecule is Cc1ccc(NS(=O)(=O)c2cc(C(=O)NC(CC(C)C)c3ccccc3)ccc2C)c(C)c1. The van der Waals surface area contributed by atoms with E-state index in [1.807, 2.05) is 56.3 Å². The summed E-state index contributed by atoms with van der Waals surface area (Å²) in [4.78, 5) is 13.2. The minimum Gasteiger partial charge on any atom is -0.345 e. The van der Waals surface area contributed by atoms with Gasteiger partial charge in [0.1, 0.15) is 0 Å². The number of benzene rings is 3. The van der Waals surface area contributed by atoms with Gasteiger partial charge in [0, 0.05) is 5.56 Å². The average molecular weight is 465 g/mol. The van der Waals surface area contributed by atoms with Gasteiger partial charge in [-0.3, -0.25) is 9.52 Å². The standard InChI is InChI=1S/C27H32N2O3S/c1-18(2)15-25(22-9-7-6-8-10-22)28-27(30)23-13-12-20(4)26(17-23)33(31,32)29-24-14-11-19(3)16-21(24)5/h6-14,16-18,25,29H,15H2,1-5H3,(H,28,30). The van der Waals surface area contributed by atoms with Gasteiger partial charge in [-0.25, -0.2) is 8.42 Å². The third kappa shape index (κ3) is 6.23. The summed E-state index contributed by atoms with van der Waals surface area (Å²) in [5.41, 5.74) is 4.33. The molecule has 0 heterocycles. The molecule has 174 valence electrons. The van der Waals surface area contributed by atoms with Crippen LogP contribution < -0.4 is 10.0 Å². The van der Waals surface area contributed by atoms with Crippen LogP contribution in [0, 0.1) is 26.7 Å². The predicted octanol–water partition coefficient (Wildman–Crippen LogP) is 5.93. The second-order valence-corrected chi connectivity index (χ2v) is 10.6. The molecule has 0 radical (unpaired) electrons. The highest BCUT2D eigenvalue weighted by molar-refractivity contribution is 7.92. The van der Waals surface area contributed by atoms with Crippen molar-refractivity contribution in [3.8, 4) is 0 Å². The first-order valence-electron chi connectivity index (χ1n) is 11.1. The van der Waals surface area contributed by atoms with E-state index in [1.54, 1.807) is 25.1 Å². The number of aryl methyl sites for hydroxylation is 3. The Morgan fingerprint density at radius 2 is 1.58 bits per heavy atom. The van der Waals surface area contributed by atoms with Gasteiger partial charge in [0.15, 0.2) is 0 Å². The van der Waals surface area contributed by atoms with Crippen LogP contribution in [0.25, 0.3) is 0 Å². The van der Waals surface area contributed by atoms with Gasteiger partial charge in [0.2, 0.25) is 0 Å². The van der Waals surface area contributed by atoms with Crippen LogP contribution in [0.5, 0.6) is 0 Å². The molecule has 5 nitrogen and oxygen atoms in total. The van der Waals surface area contributed by atoms with Crippen LogP contribution in [-0.2, 0) is 10.0 Å². The average Bonchev–Trinajstić information content (AvgIpc) is 2.75. The van der Waals surface area contributed by atoms with E-state index < -0.39 is 10.0 Å². The van der Waals surface area contributed by atoms with E-state index in [-0.39, 0.29) is 16.8 Å². The Morgan fingerprint density at radius 1 is 0.879 bits per heavy atom. The zero-order valence-corrected chi connectivity index (χ0v) is 20.7. The van der Waals surface area contributed by atoms with Crippen LogP contribution in [0.2, 0.25) is 0 Å². The van der Waals surface area contributed by atoms with Crippen molar-refractivity contribution in [3.05, 3.63) is 94.5 Å². The summed E-state index contributed by atoms with van der Waals surface area (Å²) < 4.78 is 29.0. The number of hydrogen-bond donors (Lipinski definition) is 2. The van der Waals surface area contributed by atoms with E-state index in [2.05, 4.69) is 23.9 Å². The number of rotatable bonds is 8. The number of nitrogens with one attached hydrogen (secondary N) is 2. The first-order chi connectivity index (χ1) is 15.6. The molecular formula is C27H32N2O3S. The van der Waals surface area contributed by atoms with E-state index in [1.165, 1.54) is 6.07 Å². The van der Waals surface area contributed by atoms with Crippen LogP contribution in [-0.4, -0.2) is 14.3 Å². The fourth-order valence-corrected chi connectivity index (χ4v) is 5.24. The first kappa shape index (κ1) is 24.5. The molecule has 3 aromatic carbocycles. The molecule has 3 aromatic rings. The Hall–Kier alpha value is -3.12. The second-order valence-electron chi connectivity index (χ2n) is 8.97. The molecule has 0 aliphatic carbocycles. The van der Waals surface area contributed by atoms with Crippen LogP contribution in [0.1, 0.15) is 58.9 Å². The molecule has 33 heavy (non-hydrogen) atoms. The third-order valence-corrected chi connectivity index (χ3v) is 7.09. The molecule has 0 saturated heterocycles. The van der Waals surface area contributed by atoms with E-state index in [0.717, 1.165) is 23.1 Å². The summed E-state index contributed by atoms with van der Waals surface area (Å²) in [5.74, 6) is 0.0823. The fraction of sp³-hybridized carbons (Fsp3) is 0.296. The van der Waals surface area contributed by atoms with Gasteiger partial charge in [-0.2, -0.15) is 0 Å². The highest BCUT2D eigenvalue weighted by Gasteiger charge is 2.22. The first-order valence-corrected chi connectivity index (χ1v) is 12.6. The summed E-state index contributed by atoms with van der Waals surface area (Å²) in [6.07, 6.45) is 0.779. The molecule has 0 fully saturated rings. The minimum absolute atomic E-state index is 0.0928. The number of hydrogen-bond acceptors (Lipinski definition) is 3. The molecule has 0 bridgehead atoms. The summed E-state index contributed by atoms with van der Waals surface area (Å²) >= 11 is 0. The third-order valence-electron chi connectivity index (χ3n) is 5.58. The molecule has 2 N–H and O–H groups in total. The molecule has 1 unspecified atom stereocenters. The maximum Gasteiger partial charge on any atom is 0.262 e. The fourth-order valence-electron chi connectivity index (χ4n) is 3.84. The molecule has 1 amide bonds. The van der Waals surface area contributed by atoms with Gasteiger partial charge in [0.25, 0.3) is 15.9 Å². The van der Waals surface area contributed by atoms with Crippen molar-refractivity contribution < 1.29 is 13.2 Å². The zero-order valence-electron chi connectivity index (χ0n) is 19.8. The highest BCUT2D eigenvalue weighted by Crippen LogP contribution is 2.25. The predicted molar refractivity (Wildman–Crippen MR) is 134 cm³/mol. The smallest absolute Gasteiger partial charge is 0.262 e. The molecule has 3 rings (SSSR count). The number of sulfonamides is 1. The van der Waals surface area contributed by atoms with Crippen molar-refractivity contribution in [3.63, 3.8) is 0 Å². The largest absolute Gasteiger partial charge is 0.345 e. The van der Waals surface area contributed by atoms with Crippen molar-refractivity contribution in [2.24, 2.45) is 5.92 Å². The van der Waals surface area contributed by atoms with Gasteiger partial charge in [-0.05, 0) is 68.0 Å². The van der Waals surface area contributed by atoms with Crippen molar-refractivity contribution >= 4 is 21.6 Å². The molecule has 0 aliphatic heterocycles. The van der Waals surface area contributed by atoms with Gasteiger partial charge in [-0.15, -0.1) is 0 Å². The highest BCUT2D eigenvalue weighted by atomic mass is 32.2. The van der Waals surface area contributed by atoms with Crippen molar-refractivity contribution in [2.45, 2.75) is 52.0 Å². The zero-order chi connectivity index (χ0) is 24.2. The molecule has 0 aliphatic rings. The Balaban J connectivity index is 1.88. The van der Waals surface area contributed by atoms with Crippen molar-refractivity contribution in [2.75, 3.05) is 4.72 Å². The lowest BCUT2D eigenvalue weighted by atomic mass is 9.96. The Labute approximate surface area is 197 Å². The summed E-state index contributed by atoms with van der Waals surface area (Å²) in [7, 11) is -3.87. The maximum atomic E-state index is 13.2. The monoisotopic (exact) mass is 464 g/mol. The van der Waals surface area contributed by atoms with Crippen LogP contribution >= 0.6 is 0 Å². The van der Waals surface area contributed by atoms with E-state index >= 15 is 0 Å². The van der Waals surface area contributed by atoms with Gasteiger partial charge in [0.05, 0.1) is 16.6 Å². The quantitative estimate of drug-likeness (QED) is 0.434. The Kier molecular flexibility index (Phi) is 7.59. The van der Waals surface area contributed by atoms with E-state index in [4.69, 9.17) is 0 Å². The summed E-state index contributed by atoms with van der Waals surface area (Å²) in [6, 6.07) is 20.0. The normalized spacial score (nSPS) is 12.4. The molecule has 1 atom stereocenters. The lowest BCUT2D eigenvalue weighted by Gasteiger charge is -2.21. The van der Waals surface area contributed by atoms with Gasteiger partial charge >= 0.3 is 0 Å².